The summed E-state index contributed by atoms with van der Waals surface area (Å²) < 4.78 is 15.1. The summed E-state index contributed by atoms with van der Waals surface area (Å²) in [6.07, 6.45) is 0. The Balaban J connectivity index is 1.62. The number of nitrogens with one attached hydrogen (secondary N) is 1. The zero-order chi connectivity index (χ0) is 19.5. The fourth-order valence-electron chi connectivity index (χ4n) is 3.10. The van der Waals surface area contributed by atoms with E-state index in [4.69, 9.17) is 11.6 Å². The van der Waals surface area contributed by atoms with E-state index in [1.54, 1.807) is 0 Å². The molecular weight excluding hydrogens is 377 g/mol. The molecule has 140 valence electrons. The summed E-state index contributed by atoms with van der Waals surface area (Å²) in [6.45, 7) is 0.789. The highest BCUT2D eigenvalue weighted by atomic mass is 35.5. The van der Waals surface area contributed by atoms with E-state index >= 15 is 0 Å². The molecule has 0 aliphatic heterocycles. The summed E-state index contributed by atoms with van der Waals surface area (Å²) in [4.78, 5) is 17.0. The van der Waals surface area contributed by atoms with Gasteiger partial charge in [-0.05, 0) is 48.0 Å². The van der Waals surface area contributed by atoms with E-state index in [0.29, 0.717) is 17.1 Å². The molecule has 0 atom stereocenters. The molecule has 6 heteroatoms. The number of imidazole rings is 1. The summed E-state index contributed by atoms with van der Waals surface area (Å²) in [6, 6.07) is 20.9. The van der Waals surface area contributed by atoms with Crippen molar-refractivity contribution in [2.45, 2.75) is 13.1 Å². The van der Waals surface area contributed by atoms with Gasteiger partial charge in [0, 0.05) is 10.6 Å². The molecule has 28 heavy (non-hydrogen) atoms. The minimum absolute atomic E-state index is 0.245. The second kappa shape index (κ2) is 7.82. The van der Waals surface area contributed by atoms with Gasteiger partial charge in [-0.3, -0.25) is 4.79 Å². The Morgan fingerprint density at radius 2 is 1.71 bits per heavy atom. The monoisotopic (exact) mass is 393 g/mol. The fraction of sp³-hybridized carbons (Fsp3) is 0.0909. The number of benzene rings is 3. The second-order valence-electron chi connectivity index (χ2n) is 6.38. The van der Waals surface area contributed by atoms with Gasteiger partial charge >= 0.3 is 0 Å². The van der Waals surface area contributed by atoms with Crippen LogP contribution in [0.4, 0.5) is 4.39 Å². The summed E-state index contributed by atoms with van der Waals surface area (Å²) in [5, 5.41) is 3.54. The summed E-state index contributed by atoms with van der Waals surface area (Å²) >= 11 is 6.33. The molecule has 0 spiro atoms. The maximum atomic E-state index is 13.1. The van der Waals surface area contributed by atoms with Crippen molar-refractivity contribution >= 4 is 28.5 Å². The van der Waals surface area contributed by atoms with Crippen molar-refractivity contribution in [3.8, 4) is 0 Å². The van der Waals surface area contributed by atoms with E-state index in [-0.39, 0.29) is 18.3 Å². The normalized spacial score (nSPS) is 10.9. The molecule has 4 rings (SSSR count). The van der Waals surface area contributed by atoms with Gasteiger partial charge < -0.3 is 9.88 Å². The second-order valence-corrected chi connectivity index (χ2v) is 6.79. The van der Waals surface area contributed by atoms with Crippen LogP contribution in [0.3, 0.4) is 0 Å². The molecule has 0 bridgehead atoms. The average Bonchev–Trinajstić information content (AvgIpc) is 3.06. The first-order chi connectivity index (χ1) is 13.6. The minimum Gasteiger partial charge on any atom is -0.345 e. The fourth-order valence-corrected chi connectivity index (χ4v) is 3.29. The maximum absolute atomic E-state index is 13.1. The van der Waals surface area contributed by atoms with Crippen LogP contribution in [-0.2, 0) is 13.1 Å². The number of nitrogens with zero attached hydrogens (tertiary/aromatic N) is 2. The Kier molecular flexibility index (Phi) is 5.08. The third kappa shape index (κ3) is 3.75. The molecule has 1 heterocycles. The van der Waals surface area contributed by atoms with E-state index in [9.17, 15) is 9.18 Å². The van der Waals surface area contributed by atoms with Crippen LogP contribution in [0.1, 0.15) is 21.7 Å². The van der Waals surface area contributed by atoms with Crippen molar-refractivity contribution < 1.29 is 9.18 Å². The van der Waals surface area contributed by atoms with Gasteiger partial charge in [0.1, 0.15) is 11.6 Å². The van der Waals surface area contributed by atoms with Crippen molar-refractivity contribution in [1.82, 2.24) is 14.9 Å². The predicted molar refractivity (Wildman–Crippen MR) is 108 cm³/mol. The van der Waals surface area contributed by atoms with Crippen LogP contribution in [0, 0.1) is 5.82 Å². The van der Waals surface area contributed by atoms with E-state index in [1.165, 1.54) is 24.3 Å². The Morgan fingerprint density at radius 3 is 2.50 bits per heavy atom. The number of fused-ring (bicyclic) bond motifs is 1. The Labute approximate surface area is 166 Å². The lowest BCUT2D eigenvalue weighted by Crippen LogP contribution is -2.25. The molecule has 1 N–H and O–H groups in total. The number of hydrogen-bond acceptors (Lipinski definition) is 2. The molecule has 0 unspecified atom stereocenters. The lowest BCUT2D eigenvalue weighted by atomic mass is 10.2. The first-order valence-corrected chi connectivity index (χ1v) is 9.21. The Bertz CT molecular complexity index is 1140. The van der Waals surface area contributed by atoms with E-state index in [2.05, 4.69) is 10.3 Å². The molecule has 0 aliphatic carbocycles. The van der Waals surface area contributed by atoms with Gasteiger partial charge in [-0.25, -0.2) is 9.37 Å². The van der Waals surface area contributed by atoms with Gasteiger partial charge in [-0.15, -0.1) is 0 Å². The molecule has 3 aromatic carbocycles. The third-order valence-corrected chi connectivity index (χ3v) is 4.90. The van der Waals surface area contributed by atoms with Crippen LogP contribution in [-0.4, -0.2) is 15.5 Å². The molecule has 0 saturated heterocycles. The van der Waals surface area contributed by atoms with Crippen molar-refractivity contribution in [2.75, 3.05) is 0 Å². The van der Waals surface area contributed by atoms with Crippen LogP contribution in [0.2, 0.25) is 5.02 Å². The van der Waals surface area contributed by atoms with Crippen molar-refractivity contribution in [2.24, 2.45) is 0 Å². The smallest absolute Gasteiger partial charge is 0.251 e. The summed E-state index contributed by atoms with van der Waals surface area (Å²) in [5.41, 5.74) is 3.18. The number of para-hydroxylation sites is 2. The van der Waals surface area contributed by atoms with Crippen molar-refractivity contribution in [3.63, 3.8) is 0 Å². The Hall–Kier alpha value is -3.18. The minimum atomic E-state index is -0.377. The topological polar surface area (TPSA) is 46.9 Å². The molecule has 4 nitrogen and oxygen atoms in total. The van der Waals surface area contributed by atoms with Crippen molar-refractivity contribution in [1.29, 1.82) is 0 Å². The van der Waals surface area contributed by atoms with E-state index in [0.717, 1.165) is 22.4 Å². The maximum Gasteiger partial charge on any atom is 0.251 e. The number of halogens is 2. The number of carbonyl (C=O) groups is 1. The molecule has 0 radical (unpaired) electrons. The van der Waals surface area contributed by atoms with E-state index < -0.39 is 0 Å². The van der Waals surface area contributed by atoms with Gasteiger partial charge in [0.05, 0.1) is 24.1 Å². The number of carbonyl (C=O) groups excluding carboxylic acids is 1. The first kappa shape index (κ1) is 18.2. The lowest BCUT2D eigenvalue weighted by molar-refractivity contribution is 0.0949. The van der Waals surface area contributed by atoms with Gasteiger partial charge in [-0.1, -0.05) is 41.9 Å². The molecule has 0 saturated carbocycles. The highest BCUT2D eigenvalue weighted by molar-refractivity contribution is 6.31. The molecular formula is C22H17ClFN3O. The molecule has 4 aromatic rings. The highest BCUT2D eigenvalue weighted by Crippen LogP contribution is 2.22. The summed E-state index contributed by atoms with van der Waals surface area (Å²) in [7, 11) is 0. The molecule has 1 aromatic heterocycles. The average molecular weight is 394 g/mol. The quantitative estimate of drug-likeness (QED) is 0.529. The summed E-state index contributed by atoms with van der Waals surface area (Å²) in [5.74, 6) is 0.0611. The number of rotatable bonds is 5. The van der Waals surface area contributed by atoms with E-state index in [1.807, 2.05) is 53.1 Å². The first-order valence-electron chi connectivity index (χ1n) is 8.83. The molecule has 0 aliphatic rings. The lowest BCUT2D eigenvalue weighted by Gasteiger charge is -2.11. The number of hydrogen-bond donors (Lipinski definition) is 1. The SMILES string of the molecule is O=C(NCc1nc2ccccc2n1Cc1ccccc1Cl)c1ccc(F)cc1. The largest absolute Gasteiger partial charge is 0.345 e. The zero-order valence-corrected chi connectivity index (χ0v) is 15.7. The zero-order valence-electron chi connectivity index (χ0n) is 14.9. The highest BCUT2D eigenvalue weighted by Gasteiger charge is 2.14. The molecule has 1 amide bonds. The van der Waals surface area contributed by atoms with Crippen LogP contribution >= 0.6 is 11.6 Å². The van der Waals surface area contributed by atoms with Crippen LogP contribution < -0.4 is 5.32 Å². The standard InChI is InChI=1S/C22H17ClFN3O/c23-18-6-2-1-5-16(18)14-27-20-8-4-3-7-19(20)26-21(27)13-25-22(28)15-9-11-17(24)12-10-15/h1-12H,13-14H2,(H,25,28). The van der Waals surface area contributed by atoms with Gasteiger partial charge in [-0.2, -0.15) is 0 Å². The van der Waals surface area contributed by atoms with Gasteiger partial charge in [0.15, 0.2) is 0 Å². The van der Waals surface area contributed by atoms with Gasteiger partial charge in [0.25, 0.3) is 5.91 Å². The van der Waals surface area contributed by atoms with Crippen LogP contribution in [0.25, 0.3) is 11.0 Å². The van der Waals surface area contributed by atoms with Crippen LogP contribution in [0.15, 0.2) is 72.8 Å². The molecule has 0 fully saturated rings. The number of amides is 1. The third-order valence-electron chi connectivity index (χ3n) is 4.53. The van der Waals surface area contributed by atoms with Crippen LogP contribution in [0.5, 0.6) is 0 Å². The number of aromatic nitrogens is 2. The van der Waals surface area contributed by atoms with Crippen molar-refractivity contribution in [3.05, 3.63) is 101 Å². The predicted octanol–water partition coefficient (Wildman–Crippen LogP) is 4.81. The Morgan fingerprint density at radius 1 is 1.00 bits per heavy atom. The van der Waals surface area contributed by atoms with Gasteiger partial charge in [0.2, 0.25) is 0 Å².